The maximum Gasteiger partial charge on any atom is 0.257 e. The van der Waals surface area contributed by atoms with Crippen molar-refractivity contribution in [2.75, 3.05) is 0 Å². The number of ether oxygens (including phenoxy) is 1. The molecule has 0 aliphatic rings. The minimum absolute atomic E-state index is 0.0346. The SMILES string of the molecule is C/C=C/[C@H](C)OC(=S)NC(C)(C)C. The molecule has 2 nitrogen and oxygen atoms in total. The Kier molecular flexibility index (Phi) is 4.99. The van der Waals surface area contributed by atoms with Crippen LogP contribution in [-0.2, 0) is 4.74 Å². The maximum atomic E-state index is 5.40. The van der Waals surface area contributed by atoms with Gasteiger partial charge in [0, 0.05) is 5.54 Å². The molecule has 0 aliphatic heterocycles. The molecule has 0 aliphatic carbocycles. The van der Waals surface area contributed by atoms with Crippen molar-refractivity contribution in [1.82, 2.24) is 5.32 Å². The molecule has 0 amide bonds. The Hall–Kier alpha value is -0.570. The summed E-state index contributed by atoms with van der Waals surface area (Å²) < 4.78 is 5.40. The quantitative estimate of drug-likeness (QED) is 0.548. The average Bonchev–Trinajstić information content (AvgIpc) is 1.81. The maximum absolute atomic E-state index is 5.40. The number of hydrogen-bond acceptors (Lipinski definition) is 2. The van der Waals surface area contributed by atoms with Gasteiger partial charge in [-0.05, 0) is 52.9 Å². The van der Waals surface area contributed by atoms with Crippen molar-refractivity contribution >= 4 is 17.4 Å². The van der Waals surface area contributed by atoms with Crippen molar-refractivity contribution in [3.63, 3.8) is 0 Å². The van der Waals surface area contributed by atoms with Gasteiger partial charge in [0.05, 0.1) is 0 Å². The van der Waals surface area contributed by atoms with Crippen LogP contribution >= 0.6 is 12.2 Å². The Morgan fingerprint density at radius 3 is 2.38 bits per heavy atom. The predicted molar refractivity (Wildman–Crippen MR) is 60.8 cm³/mol. The molecular weight excluding hydrogens is 182 g/mol. The van der Waals surface area contributed by atoms with Gasteiger partial charge in [-0.3, -0.25) is 0 Å². The molecule has 0 aromatic rings. The van der Waals surface area contributed by atoms with Gasteiger partial charge in [-0.2, -0.15) is 0 Å². The number of thiocarbonyl (C=S) groups is 1. The summed E-state index contributed by atoms with van der Waals surface area (Å²) in [6.45, 7) is 10.0. The second kappa shape index (κ2) is 5.22. The molecule has 3 heteroatoms. The molecule has 0 spiro atoms. The van der Waals surface area contributed by atoms with Crippen molar-refractivity contribution in [3.05, 3.63) is 12.2 Å². The van der Waals surface area contributed by atoms with Crippen molar-refractivity contribution in [3.8, 4) is 0 Å². The summed E-state index contributed by atoms with van der Waals surface area (Å²) in [5.41, 5.74) is -0.0350. The van der Waals surface area contributed by atoms with E-state index in [2.05, 4.69) is 5.32 Å². The van der Waals surface area contributed by atoms with Crippen molar-refractivity contribution in [2.24, 2.45) is 0 Å². The molecular formula is C10H19NOS. The summed E-state index contributed by atoms with van der Waals surface area (Å²) in [6.07, 6.45) is 3.94. The van der Waals surface area contributed by atoms with Gasteiger partial charge in [0.25, 0.3) is 5.17 Å². The van der Waals surface area contributed by atoms with E-state index < -0.39 is 0 Å². The Bertz CT molecular complexity index is 194. The predicted octanol–water partition coefficient (Wildman–Crippen LogP) is 2.64. The van der Waals surface area contributed by atoms with Crippen LogP contribution in [0, 0.1) is 0 Å². The van der Waals surface area contributed by atoms with Gasteiger partial charge in [-0.15, -0.1) is 0 Å². The fourth-order valence-electron chi connectivity index (χ4n) is 0.815. The summed E-state index contributed by atoms with van der Waals surface area (Å²) in [6, 6.07) is 0. The molecule has 76 valence electrons. The van der Waals surface area contributed by atoms with Gasteiger partial charge < -0.3 is 10.1 Å². The van der Waals surface area contributed by atoms with Crippen LogP contribution in [-0.4, -0.2) is 16.8 Å². The van der Waals surface area contributed by atoms with Gasteiger partial charge in [-0.25, -0.2) is 0 Å². The second-order valence-corrected chi connectivity index (χ2v) is 4.38. The molecule has 0 fully saturated rings. The smallest absolute Gasteiger partial charge is 0.257 e. The van der Waals surface area contributed by atoms with Crippen LogP contribution in [0.5, 0.6) is 0 Å². The molecule has 13 heavy (non-hydrogen) atoms. The van der Waals surface area contributed by atoms with Crippen LogP contribution in [0.1, 0.15) is 34.6 Å². The third-order valence-electron chi connectivity index (χ3n) is 1.23. The Labute approximate surface area is 86.4 Å². The van der Waals surface area contributed by atoms with E-state index in [1.807, 2.05) is 46.8 Å². The molecule has 0 saturated carbocycles. The van der Waals surface area contributed by atoms with Gasteiger partial charge in [-0.1, -0.05) is 6.08 Å². The number of allylic oxidation sites excluding steroid dienone is 1. The minimum Gasteiger partial charge on any atom is -0.464 e. The molecule has 0 unspecified atom stereocenters. The van der Waals surface area contributed by atoms with E-state index in [0.29, 0.717) is 5.17 Å². The van der Waals surface area contributed by atoms with Gasteiger partial charge in [0.1, 0.15) is 6.10 Å². The normalized spacial score (nSPS) is 14.2. The molecule has 0 rings (SSSR count). The lowest BCUT2D eigenvalue weighted by molar-refractivity contribution is 0.241. The summed E-state index contributed by atoms with van der Waals surface area (Å²) >= 11 is 5.03. The summed E-state index contributed by atoms with van der Waals surface area (Å²) in [5.74, 6) is 0. The van der Waals surface area contributed by atoms with Crippen LogP contribution in [0.2, 0.25) is 0 Å². The van der Waals surface area contributed by atoms with Gasteiger partial charge >= 0.3 is 0 Å². The Morgan fingerprint density at radius 2 is 2.00 bits per heavy atom. The summed E-state index contributed by atoms with van der Waals surface area (Å²) in [4.78, 5) is 0. The highest BCUT2D eigenvalue weighted by atomic mass is 32.1. The lowest BCUT2D eigenvalue weighted by Gasteiger charge is -2.23. The second-order valence-electron chi connectivity index (χ2n) is 4.01. The zero-order chi connectivity index (χ0) is 10.5. The first kappa shape index (κ1) is 12.4. The van der Waals surface area contributed by atoms with Crippen LogP contribution in [0.15, 0.2) is 12.2 Å². The zero-order valence-electron chi connectivity index (χ0n) is 9.05. The van der Waals surface area contributed by atoms with E-state index in [-0.39, 0.29) is 11.6 Å². The fraction of sp³-hybridized carbons (Fsp3) is 0.700. The largest absolute Gasteiger partial charge is 0.464 e. The van der Waals surface area contributed by atoms with Crippen molar-refractivity contribution in [1.29, 1.82) is 0 Å². The molecule has 0 bridgehead atoms. The van der Waals surface area contributed by atoms with Crippen molar-refractivity contribution < 1.29 is 4.74 Å². The molecule has 1 atom stereocenters. The van der Waals surface area contributed by atoms with E-state index in [4.69, 9.17) is 17.0 Å². The molecule has 0 aromatic carbocycles. The average molecular weight is 201 g/mol. The van der Waals surface area contributed by atoms with Crippen LogP contribution in [0.25, 0.3) is 0 Å². The summed E-state index contributed by atoms with van der Waals surface area (Å²) in [5, 5.41) is 3.54. The van der Waals surface area contributed by atoms with E-state index >= 15 is 0 Å². The van der Waals surface area contributed by atoms with Crippen LogP contribution < -0.4 is 5.32 Å². The minimum atomic E-state index is -0.0350. The Balaban J connectivity index is 3.88. The first-order valence-electron chi connectivity index (χ1n) is 4.47. The first-order valence-corrected chi connectivity index (χ1v) is 4.87. The van der Waals surface area contributed by atoms with E-state index in [1.54, 1.807) is 0 Å². The highest BCUT2D eigenvalue weighted by molar-refractivity contribution is 7.80. The highest BCUT2D eigenvalue weighted by Gasteiger charge is 2.12. The summed E-state index contributed by atoms with van der Waals surface area (Å²) in [7, 11) is 0. The standard InChI is InChI=1S/C10H19NOS/c1-6-7-8(2)12-9(13)11-10(3,4)5/h6-8H,1-5H3,(H,11,13)/b7-6+/t8-/m0/s1. The topological polar surface area (TPSA) is 21.3 Å². The monoisotopic (exact) mass is 201 g/mol. The van der Waals surface area contributed by atoms with Gasteiger partial charge in [0.2, 0.25) is 0 Å². The number of nitrogens with one attached hydrogen (secondary N) is 1. The number of rotatable bonds is 2. The first-order chi connectivity index (χ1) is 5.85. The molecule has 0 heterocycles. The lowest BCUT2D eigenvalue weighted by Crippen LogP contribution is -2.41. The fourth-order valence-corrected chi connectivity index (χ4v) is 1.27. The van der Waals surface area contributed by atoms with Gasteiger partial charge in [0.15, 0.2) is 0 Å². The van der Waals surface area contributed by atoms with Crippen LogP contribution in [0.3, 0.4) is 0 Å². The van der Waals surface area contributed by atoms with Crippen LogP contribution in [0.4, 0.5) is 0 Å². The molecule has 0 radical (unpaired) electrons. The number of hydrogen-bond donors (Lipinski definition) is 1. The molecule has 0 aromatic heterocycles. The third kappa shape index (κ3) is 7.78. The van der Waals surface area contributed by atoms with E-state index in [1.165, 1.54) is 0 Å². The third-order valence-corrected chi connectivity index (χ3v) is 1.43. The molecule has 0 saturated heterocycles. The zero-order valence-corrected chi connectivity index (χ0v) is 9.87. The highest BCUT2D eigenvalue weighted by Crippen LogP contribution is 2.01. The van der Waals surface area contributed by atoms with Crippen molar-refractivity contribution in [2.45, 2.75) is 46.3 Å². The van der Waals surface area contributed by atoms with E-state index in [0.717, 1.165) is 0 Å². The molecule has 1 N–H and O–H groups in total. The van der Waals surface area contributed by atoms with E-state index in [9.17, 15) is 0 Å². The lowest BCUT2D eigenvalue weighted by atomic mass is 10.1. The Morgan fingerprint density at radius 1 is 1.46 bits per heavy atom.